The Morgan fingerprint density at radius 3 is 2.65 bits per heavy atom. The first-order valence-corrected chi connectivity index (χ1v) is 11.3. The molecule has 0 aliphatic heterocycles. The Morgan fingerprint density at radius 2 is 1.84 bits per heavy atom. The quantitative estimate of drug-likeness (QED) is 0.396. The molecule has 2 aromatic carbocycles. The molecule has 0 radical (unpaired) electrons. The van der Waals surface area contributed by atoms with Crippen LogP contribution in [0.5, 0.6) is 0 Å². The Balaban J connectivity index is 1.43. The van der Waals surface area contributed by atoms with Crippen LogP contribution < -0.4 is 10.9 Å². The van der Waals surface area contributed by atoms with Gasteiger partial charge in [-0.3, -0.25) is 9.99 Å². The summed E-state index contributed by atoms with van der Waals surface area (Å²) in [4.78, 5) is 4.52. The van der Waals surface area contributed by atoms with Crippen molar-refractivity contribution < 1.29 is 0 Å². The van der Waals surface area contributed by atoms with Crippen molar-refractivity contribution in [3.05, 3.63) is 95.0 Å². The van der Waals surface area contributed by atoms with Gasteiger partial charge in [0.2, 0.25) is 0 Å². The monoisotopic (exact) mass is 409 g/mol. The van der Waals surface area contributed by atoms with Gasteiger partial charge in [-0.2, -0.15) is 0 Å². The number of hydrazine groups is 1. The van der Waals surface area contributed by atoms with Gasteiger partial charge in [0.1, 0.15) is 0 Å². The minimum absolute atomic E-state index is 0.193. The first kappa shape index (κ1) is 20.0. The van der Waals surface area contributed by atoms with E-state index < -0.39 is 0 Å². The van der Waals surface area contributed by atoms with Crippen molar-refractivity contribution in [2.75, 3.05) is 5.01 Å². The van der Waals surface area contributed by atoms with Crippen LogP contribution in [0.25, 0.3) is 10.8 Å². The third-order valence-corrected chi connectivity index (χ3v) is 7.57. The van der Waals surface area contributed by atoms with Gasteiger partial charge in [-0.25, -0.2) is 5.84 Å². The van der Waals surface area contributed by atoms with Gasteiger partial charge in [-0.15, -0.1) is 0 Å². The van der Waals surface area contributed by atoms with Gasteiger partial charge >= 0.3 is 0 Å². The molecule has 2 atom stereocenters. The molecule has 0 bridgehead atoms. The largest absolute Gasteiger partial charge is 0.280 e. The molecule has 3 nitrogen and oxygen atoms in total. The second-order valence-corrected chi connectivity index (χ2v) is 9.59. The van der Waals surface area contributed by atoms with E-state index >= 15 is 0 Å². The highest BCUT2D eigenvalue weighted by molar-refractivity contribution is 5.84. The lowest BCUT2D eigenvalue weighted by atomic mass is 9.68. The van der Waals surface area contributed by atoms with Crippen LogP contribution in [0.3, 0.4) is 0 Å². The number of hydrogen-bond acceptors (Lipinski definition) is 3. The SMILES string of the molecule is CC1=C(N(N)c2ccc(C)cc2)C=C2CCC(Cc3cncc4ccccc34)C2(C)C1. The fraction of sp³-hybridized carbons (Fsp3) is 0.321. The Hall–Kier alpha value is -2.91. The van der Waals surface area contributed by atoms with Crippen LogP contribution in [0.1, 0.15) is 44.2 Å². The molecule has 1 fully saturated rings. The molecule has 1 saturated carbocycles. The zero-order valence-electron chi connectivity index (χ0n) is 18.7. The minimum atomic E-state index is 0.193. The number of aryl methyl sites for hydroxylation is 1. The van der Waals surface area contributed by atoms with E-state index in [1.54, 1.807) is 5.57 Å². The molecule has 0 saturated heterocycles. The van der Waals surface area contributed by atoms with E-state index in [0.29, 0.717) is 5.92 Å². The average molecular weight is 410 g/mol. The van der Waals surface area contributed by atoms with Crippen LogP contribution in [-0.4, -0.2) is 4.98 Å². The summed E-state index contributed by atoms with van der Waals surface area (Å²) >= 11 is 0. The number of allylic oxidation sites excluding steroid dienone is 3. The van der Waals surface area contributed by atoms with E-state index in [4.69, 9.17) is 5.84 Å². The van der Waals surface area contributed by atoms with E-state index in [2.05, 4.69) is 86.6 Å². The molecule has 1 heterocycles. The summed E-state index contributed by atoms with van der Waals surface area (Å²) in [5.74, 6) is 7.20. The van der Waals surface area contributed by atoms with E-state index in [1.165, 1.54) is 33.9 Å². The standard InChI is InChI=1S/C28H31N3/c1-19-8-12-25(13-9-19)31(29)27-15-24-11-10-23(28(24,3)16-20(27)2)14-22-18-30-17-21-6-4-5-7-26(21)22/h4-9,12-13,15,17-18,23H,10-11,14,16,29H2,1-3H3. The maximum atomic E-state index is 6.58. The van der Waals surface area contributed by atoms with Gasteiger partial charge in [0.05, 0.1) is 11.4 Å². The molecule has 5 rings (SSSR count). The Morgan fingerprint density at radius 1 is 1.06 bits per heavy atom. The van der Waals surface area contributed by atoms with Crippen LogP contribution in [0.4, 0.5) is 5.69 Å². The summed E-state index contributed by atoms with van der Waals surface area (Å²) in [7, 11) is 0. The Kier molecular flexibility index (Phi) is 4.94. The van der Waals surface area contributed by atoms with Crippen LogP contribution in [0.15, 0.2) is 83.8 Å². The van der Waals surface area contributed by atoms with Gasteiger partial charge in [0.25, 0.3) is 0 Å². The van der Waals surface area contributed by atoms with Gasteiger partial charge in [-0.1, -0.05) is 54.5 Å². The van der Waals surface area contributed by atoms with Crippen molar-refractivity contribution in [3.63, 3.8) is 0 Å². The molecule has 0 amide bonds. The second kappa shape index (κ2) is 7.65. The lowest BCUT2D eigenvalue weighted by Gasteiger charge is -2.39. The maximum absolute atomic E-state index is 6.58. The van der Waals surface area contributed by atoms with E-state index in [9.17, 15) is 0 Å². The molecular weight excluding hydrogens is 378 g/mol. The van der Waals surface area contributed by atoms with Crippen molar-refractivity contribution in [2.24, 2.45) is 17.2 Å². The predicted molar refractivity (Wildman–Crippen MR) is 130 cm³/mol. The molecule has 0 spiro atoms. The molecule has 2 aliphatic carbocycles. The number of anilines is 1. The summed E-state index contributed by atoms with van der Waals surface area (Å²) < 4.78 is 0. The molecule has 1 aromatic heterocycles. The first-order valence-electron chi connectivity index (χ1n) is 11.3. The average Bonchev–Trinajstić information content (AvgIpc) is 3.08. The van der Waals surface area contributed by atoms with Crippen LogP contribution in [-0.2, 0) is 6.42 Å². The van der Waals surface area contributed by atoms with Gasteiger partial charge in [0, 0.05) is 17.8 Å². The van der Waals surface area contributed by atoms with Crippen molar-refractivity contribution in [2.45, 2.75) is 46.5 Å². The predicted octanol–water partition coefficient (Wildman–Crippen LogP) is 6.49. The molecular formula is C28H31N3. The lowest BCUT2D eigenvalue weighted by molar-refractivity contribution is 0.267. The number of fused-ring (bicyclic) bond motifs is 2. The summed E-state index contributed by atoms with van der Waals surface area (Å²) in [6, 6.07) is 17.1. The summed E-state index contributed by atoms with van der Waals surface area (Å²) in [5, 5.41) is 4.44. The number of aromatic nitrogens is 1. The fourth-order valence-electron chi connectivity index (χ4n) is 5.67. The number of nitrogens with zero attached hydrogens (tertiary/aromatic N) is 2. The lowest BCUT2D eigenvalue weighted by Crippen LogP contribution is -2.35. The van der Waals surface area contributed by atoms with Gasteiger partial charge in [-0.05, 0) is 85.6 Å². The summed E-state index contributed by atoms with van der Waals surface area (Å²) in [6.07, 6.45) is 10.9. The van der Waals surface area contributed by atoms with E-state index in [1.807, 2.05) is 11.2 Å². The number of benzene rings is 2. The molecule has 3 aromatic rings. The van der Waals surface area contributed by atoms with Crippen LogP contribution in [0, 0.1) is 18.3 Å². The minimum Gasteiger partial charge on any atom is -0.280 e. The summed E-state index contributed by atoms with van der Waals surface area (Å²) in [5.41, 5.74) is 7.93. The highest BCUT2D eigenvalue weighted by Crippen LogP contribution is 2.55. The molecule has 2 aliphatic rings. The van der Waals surface area contributed by atoms with Gasteiger partial charge in [0.15, 0.2) is 0 Å². The normalized spacial score (nSPS) is 23.1. The second-order valence-electron chi connectivity index (χ2n) is 9.59. The number of hydrogen-bond donors (Lipinski definition) is 1. The highest BCUT2D eigenvalue weighted by Gasteiger charge is 2.45. The van der Waals surface area contributed by atoms with Crippen LogP contribution >= 0.6 is 0 Å². The van der Waals surface area contributed by atoms with Crippen molar-refractivity contribution in [1.29, 1.82) is 0 Å². The molecule has 158 valence electrons. The zero-order chi connectivity index (χ0) is 21.6. The topological polar surface area (TPSA) is 42.1 Å². The number of nitrogens with two attached hydrogens (primary N) is 1. The highest BCUT2D eigenvalue weighted by atomic mass is 15.4. The van der Waals surface area contributed by atoms with Gasteiger partial charge < -0.3 is 0 Å². The molecule has 2 unspecified atom stereocenters. The van der Waals surface area contributed by atoms with Crippen molar-refractivity contribution in [3.8, 4) is 0 Å². The maximum Gasteiger partial charge on any atom is 0.0575 e. The Bertz CT molecular complexity index is 1180. The van der Waals surface area contributed by atoms with E-state index in [-0.39, 0.29) is 5.41 Å². The molecule has 3 heteroatoms. The smallest absolute Gasteiger partial charge is 0.0575 e. The summed E-state index contributed by atoms with van der Waals surface area (Å²) in [6.45, 7) is 6.81. The molecule has 31 heavy (non-hydrogen) atoms. The van der Waals surface area contributed by atoms with Crippen molar-refractivity contribution in [1.82, 2.24) is 4.98 Å². The number of pyridine rings is 1. The third kappa shape index (κ3) is 3.47. The zero-order valence-corrected chi connectivity index (χ0v) is 18.7. The number of rotatable bonds is 4. The van der Waals surface area contributed by atoms with Crippen LogP contribution in [0.2, 0.25) is 0 Å². The molecule has 2 N–H and O–H groups in total. The van der Waals surface area contributed by atoms with Crippen molar-refractivity contribution >= 4 is 16.5 Å². The van der Waals surface area contributed by atoms with E-state index in [0.717, 1.165) is 30.6 Å². The third-order valence-electron chi connectivity index (χ3n) is 7.57. The Labute approximate surface area is 185 Å². The fourth-order valence-corrected chi connectivity index (χ4v) is 5.67. The first-order chi connectivity index (χ1) is 15.0.